The van der Waals surface area contributed by atoms with E-state index in [0.29, 0.717) is 18.4 Å². The minimum absolute atomic E-state index is 0.0108. The number of carbonyl (C=O) groups is 1. The molecule has 1 aliphatic carbocycles. The molecule has 0 radical (unpaired) electrons. The highest BCUT2D eigenvalue weighted by molar-refractivity contribution is 7.92. The van der Waals surface area contributed by atoms with Gasteiger partial charge in [-0.2, -0.15) is 0 Å². The van der Waals surface area contributed by atoms with Gasteiger partial charge < -0.3 is 9.72 Å². The second kappa shape index (κ2) is 6.74. The van der Waals surface area contributed by atoms with Gasteiger partial charge in [0.2, 0.25) is 10.0 Å². The predicted octanol–water partition coefficient (Wildman–Crippen LogP) is 1.55. The lowest BCUT2D eigenvalue weighted by atomic mass is 9.75. The summed E-state index contributed by atoms with van der Waals surface area (Å²) in [5.41, 5.74) is -1.03. The maximum absolute atomic E-state index is 12.5. The number of aryl methyl sites for hydroxylation is 1. The van der Waals surface area contributed by atoms with Crippen molar-refractivity contribution in [2.75, 3.05) is 17.6 Å². The largest absolute Gasteiger partial charge is 0.469 e. The van der Waals surface area contributed by atoms with E-state index >= 15 is 0 Å². The molecular weight excluding hydrogens is 320 g/mol. The highest BCUT2D eigenvalue weighted by Crippen LogP contribution is 2.38. The molecule has 0 spiro atoms. The van der Waals surface area contributed by atoms with Gasteiger partial charge in [-0.3, -0.25) is 14.3 Å². The van der Waals surface area contributed by atoms with Crippen molar-refractivity contribution >= 4 is 21.7 Å². The topological polar surface area (TPSA) is 105 Å². The summed E-state index contributed by atoms with van der Waals surface area (Å²) < 4.78 is 32.2. The quantitative estimate of drug-likeness (QED) is 0.790. The van der Waals surface area contributed by atoms with E-state index in [9.17, 15) is 18.0 Å². The molecule has 0 unspecified atom stereocenters. The monoisotopic (exact) mass is 342 g/mol. The number of aromatic amines is 1. The van der Waals surface area contributed by atoms with E-state index in [1.807, 2.05) is 0 Å². The summed E-state index contributed by atoms with van der Waals surface area (Å²) in [7, 11) is -2.59. The minimum Gasteiger partial charge on any atom is -0.469 e. The maximum Gasteiger partial charge on any atom is 0.312 e. The van der Waals surface area contributed by atoms with Crippen molar-refractivity contribution in [3.8, 4) is 0 Å². The Bertz CT molecular complexity index is 732. The standard InChI is InChI=1S/C15H22N2O5S/c1-11-6-9-16-13(18)12(11)17-23(20,21)10-15(14(19)22-2)7-4-3-5-8-15/h6,9,17H,3-5,7-8,10H2,1-2H3,(H,16,18). The highest BCUT2D eigenvalue weighted by Gasteiger charge is 2.44. The van der Waals surface area contributed by atoms with Gasteiger partial charge in [0.05, 0.1) is 18.3 Å². The van der Waals surface area contributed by atoms with Crippen molar-refractivity contribution in [2.45, 2.75) is 39.0 Å². The first-order chi connectivity index (χ1) is 10.8. The lowest BCUT2D eigenvalue weighted by Gasteiger charge is -2.34. The highest BCUT2D eigenvalue weighted by atomic mass is 32.2. The molecular formula is C15H22N2O5S. The van der Waals surface area contributed by atoms with E-state index in [4.69, 9.17) is 4.74 Å². The normalized spacial score (nSPS) is 17.5. The van der Waals surface area contributed by atoms with Crippen LogP contribution in [0.25, 0.3) is 0 Å². The van der Waals surface area contributed by atoms with Gasteiger partial charge in [0.15, 0.2) is 0 Å². The number of carbonyl (C=O) groups excluding carboxylic acids is 1. The lowest BCUT2D eigenvalue weighted by molar-refractivity contribution is -0.153. The zero-order chi connectivity index (χ0) is 17.1. The third-order valence-electron chi connectivity index (χ3n) is 4.32. The van der Waals surface area contributed by atoms with Crippen LogP contribution < -0.4 is 10.3 Å². The molecule has 1 aliphatic rings. The summed E-state index contributed by atoms with van der Waals surface area (Å²) in [6.45, 7) is 1.64. The number of pyridine rings is 1. The Morgan fingerprint density at radius 3 is 2.57 bits per heavy atom. The molecule has 1 aromatic heterocycles. The molecule has 1 heterocycles. The van der Waals surface area contributed by atoms with Gasteiger partial charge in [-0.15, -0.1) is 0 Å². The SMILES string of the molecule is COC(=O)C1(CS(=O)(=O)Nc2c(C)cc[nH]c2=O)CCCCC1. The maximum atomic E-state index is 12.5. The molecule has 2 N–H and O–H groups in total. The zero-order valence-electron chi connectivity index (χ0n) is 13.3. The van der Waals surface area contributed by atoms with Crippen LogP contribution in [0.1, 0.15) is 37.7 Å². The average Bonchev–Trinajstić information content (AvgIpc) is 2.50. The third kappa shape index (κ3) is 3.93. The van der Waals surface area contributed by atoms with Crippen LogP contribution in [0.3, 0.4) is 0 Å². The van der Waals surface area contributed by atoms with Crippen LogP contribution >= 0.6 is 0 Å². The molecule has 23 heavy (non-hydrogen) atoms. The van der Waals surface area contributed by atoms with Crippen LogP contribution in [0.4, 0.5) is 5.69 Å². The second-order valence-corrected chi connectivity index (χ2v) is 7.78. The summed E-state index contributed by atoms with van der Waals surface area (Å²) in [6.07, 6.45) is 4.96. The van der Waals surface area contributed by atoms with Crippen molar-refractivity contribution in [3.05, 3.63) is 28.2 Å². The van der Waals surface area contributed by atoms with Gasteiger partial charge in [-0.25, -0.2) is 8.42 Å². The number of hydrogen-bond donors (Lipinski definition) is 2. The van der Waals surface area contributed by atoms with Crippen LogP contribution in [0.5, 0.6) is 0 Å². The molecule has 0 saturated heterocycles. The Morgan fingerprint density at radius 1 is 1.35 bits per heavy atom. The number of H-pyrrole nitrogens is 1. The zero-order valence-corrected chi connectivity index (χ0v) is 14.2. The summed E-state index contributed by atoms with van der Waals surface area (Å²) in [4.78, 5) is 26.4. The molecule has 1 fully saturated rings. The van der Waals surface area contributed by atoms with E-state index in [1.165, 1.54) is 13.3 Å². The molecule has 0 amide bonds. The number of ether oxygens (including phenoxy) is 1. The summed E-state index contributed by atoms with van der Waals surface area (Å²) in [5, 5.41) is 0. The fourth-order valence-corrected chi connectivity index (χ4v) is 4.88. The molecule has 2 rings (SSSR count). The Hall–Kier alpha value is -1.83. The molecule has 0 aromatic carbocycles. The number of sulfonamides is 1. The number of nitrogens with one attached hydrogen (secondary N) is 2. The van der Waals surface area contributed by atoms with Crippen molar-refractivity contribution in [3.63, 3.8) is 0 Å². The van der Waals surface area contributed by atoms with Gasteiger partial charge >= 0.3 is 5.97 Å². The van der Waals surface area contributed by atoms with Gasteiger partial charge in [-0.1, -0.05) is 19.3 Å². The van der Waals surface area contributed by atoms with E-state index in [0.717, 1.165) is 19.3 Å². The van der Waals surface area contributed by atoms with E-state index in [1.54, 1.807) is 13.0 Å². The van der Waals surface area contributed by atoms with Gasteiger partial charge in [0, 0.05) is 6.20 Å². The smallest absolute Gasteiger partial charge is 0.312 e. The van der Waals surface area contributed by atoms with E-state index in [2.05, 4.69) is 9.71 Å². The molecule has 1 saturated carbocycles. The molecule has 8 heteroatoms. The van der Waals surface area contributed by atoms with E-state index in [-0.39, 0.29) is 11.4 Å². The third-order valence-corrected chi connectivity index (χ3v) is 5.77. The summed E-state index contributed by atoms with van der Waals surface area (Å²) in [6, 6.07) is 1.61. The first kappa shape index (κ1) is 17.5. The van der Waals surface area contributed by atoms with Crippen LogP contribution in [0, 0.1) is 12.3 Å². The van der Waals surface area contributed by atoms with Crippen molar-refractivity contribution in [2.24, 2.45) is 5.41 Å². The molecule has 128 valence electrons. The number of methoxy groups -OCH3 is 1. The Morgan fingerprint density at radius 2 is 2.00 bits per heavy atom. The molecule has 7 nitrogen and oxygen atoms in total. The summed E-state index contributed by atoms with van der Waals surface area (Å²) >= 11 is 0. The first-order valence-corrected chi connectivity index (χ1v) is 9.22. The predicted molar refractivity (Wildman–Crippen MR) is 86.7 cm³/mol. The second-order valence-electron chi connectivity index (χ2n) is 6.06. The van der Waals surface area contributed by atoms with Crippen LogP contribution in [-0.2, 0) is 19.6 Å². The Balaban J connectivity index is 2.28. The number of esters is 1. The fourth-order valence-electron chi connectivity index (χ4n) is 3.11. The number of hydrogen-bond acceptors (Lipinski definition) is 5. The number of aromatic nitrogens is 1. The first-order valence-electron chi connectivity index (χ1n) is 7.57. The van der Waals surface area contributed by atoms with Crippen molar-refractivity contribution in [1.29, 1.82) is 0 Å². The molecule has 0 bridgehead atoms. The molecule has 0 aliphatic heterocycles. The fraction of sp³-hybridized carbons (Fsp3) is 0.600. The Kier molecular flexibility index (Phi) is 5.13. The molecule has 0 atom stereocenters. The van der Waals surface area contributed by atoms with Crippen molar-refractivity contribution in [1.82, 2.24) is 4.98 Å². The van der Waals surface area contributed by atoms with Crippen LogP contribution in [0.15, 0.2) is 17.1 Å². The van der Waals surface area contributed by atoms with Crippen molar-refractivity contribution < 1.29 is 17.9 Å². The van der Waals surface area contributed by atoms with Gasteiger partial charge in [0.25, 0.3) is 5.56 Å². The lowest BCUT2D eigenvalue weighted by Crippen LogP contribution is -2.42. The minimum atomic E-state index is -3.86. The van der Waals surface area contributed by atoms with Crippen LogP contribution in [0.2, 0.25) is 0 Å². The average molecular weight is 342 g/mol. The van der Waals surface area contributed by atoms with Gasteiger partial charge in [-0.05, 0) is 31.4 Å². The molecule has 1 aromatic rings. The van der Waals surface area contributed by atoms with Crippen LogP contribution in [-0.4, -0.2) is 32.2 Å². The summed E-state index contributed by atoms with van der Waals surface area (Å²) in [5.74, 6) is -0.873. The van der Waals surface area contributed by atoms with Gasteiger partial charge in [0.1, 0.15) is 5.69 Å². The number of anilines is 1. The van der Waals surface area contributed by atoms with E-state index < -0.39 is 27.0 Å². The Labute approximate surface area is 135 Å². The number of rotatable bonds is 5.